The number of fused-ring (bicyclic) bond motifs is 1. The predicted octanol–water partition coefficient (Wildman–Crippen LogP) is 2.73. The normalized spacial score (nSPS) is 17.7. The first kappa shape index (κ1) is 13.7. The van der Waals surface area contributed by atoms with Crippen LogP contribution in [0.5, 0.6) is 0 Å². The van der Waals surface area contributed by atoms with Gasteiger partial charge in [-0.05, 0) is 44.2 Å². The number of aromatic nitrogens is 1. The number of hydrogen-bond acceptors (Lipinski definition) is 2. The number of aryl methyl sites for hydroxylation is 1. The van der Waals surface area contributed by atoms with Gasteiger partial charge in [0.2, 0.25) is 0 Å². The van der Waals surface area contributed by atoms with Gasteiger partial charge >= 0.3 is 0 Å². The zero-order valence-electron chi connectivity index (χ0n) is 12.1. The Morgan fingerprint density at radius 2 is 2.05 bits per heavy atom. The molecule has 21 heavy (non-hydrogen) atoms. The molecule has 4 nitrogen and oxygen atoms in total. The highest BCUT2D eigenvalue weighted by Crippen LogP contribution is 2.29. The van der Waals surface area contributed by atoms with Crippen LogP contribution in [-0.4, -0.2) is 21.9 Å². The number of nitrogens with two attached hydrogens (primary N) is 1. The summed E-state index contributed by atoms with van der Waals surface area (Å²) in [4.78, 5) is 14.4. The maximum Gasteiger partial charge on any atom is 0.256 e. The zero-order valence-corrected chi connectivity index (χ0v) is 12.1. The molecule has 2 heterocycles. The number of carbonyl (C=O) groups excluding carboxylic acids is 1. The van der Waals surface area contributed by atoms with Crippen molar-refractivity contribution in [3.63, 3.8) is 0 Å². The molecule has 0 spiro atoms. The maximum atomic E-state index is 13.4. The van der Waals surface area contributed by atoms with Crippen LogP contribution in [0, 0.1) is 12.7 Å². The number of benzene rings is 1. The third-order valence-electron chi connectivity index (χ3n) is 4.20. The summed E-state index contributed by atoms with van der Waals surface area (Å²) in [6.07, 6.45) is 0. The molecule has 110 valence electrons. The van der Waals surface area contributed by atoms with E-state index in [2.05, 4.69) is 17.6 Å². The van der Waals surface area contributed by atoms with Crippen LogP contribution in [0.15, 0.2) is 30.3 Å². The van der Waals surface area contributed by atoms with Crippen molar-refractivity contribution in [3.05, 3.63) is 53.1 Å². The number of nitrogen functional groups attached to an aromatic ring is 1. The molecule has 0 saturated heterocycles. The minimum atomic E-state index is -0.448. The molecule has 1 unspecified atom stereocenters. The molecule has 1 aliphatic rings. The molecule has 1 aliphatic heterocycles. The summed E-state index contributed by atoms with van der Waals surface area (Å²) in [5.74, 6) is -0.666. The summed E-state index contributed by atoms with van der Waals surface area (Å²) in [5.41, 5.74) is 8.66. The summed E-state index contributed by atoms with van der Waals surface area (Å²) in [6, 6.07) is 7.95. The zero-order chi connectivity index (χ0) is 15.1. The molecule has 0 aliphatic carbocycles. The van der Waals surface area contributed by atoms with Crippen molar-refractivity contribution in [1.29, 1.82) is 0 Å². The van der Waals surface area contributed by atoms with E-state index < -0.39 is 5.82 Å². The lowest BCUT2D eigenvalue weighted by atomic mass is 10.1. The smallest absolute Gasteiger partial charge is 0.256 e. The van der Waals surface area contributed by atoms with E-state index in [0.717, 1.165) is 12.2 Å². The SMILES string of the molecule is Cc1ccc2n1CCN(C(=O)c1cc(F)ccc1N)C2C. The first-order valence-corrected chi connectivity index (χ1v) is 7.01. The van der Waals surface area contributed by atoms with Gasteiger partial charge in [0.05, 0.1) is 11.6 Å². The van der Waals surface area contributed by atoms with E-state index in [4.69, 9.17) is 5.73 Å². The molecule has 0 saturated carbocycles. The molecule has 1 atom stereocenters. The van der Waals surface area contributed by atoms with Crippen LogP contribution in [0.3, 0.4) is 0 Å². The predicted molar refractivity (Wildman–Crippen MR) is 79.4 cm³/mol. The van der Waals surface area contributed by atoms with Crippen molar-refractivity contribution >= 4 is 11.6 Å². The molecular formula is C16H18FN3O. The number of halogens is 1. The molecule has 1 aromatic carbocycles. The molecule has 0 fully saturated rings. The monoisotopic (exact) mass is 287 g/mol. The molecule has 0 radical (unpaired) electrons. The molecule has 0 bridgehead atoms. The molecule has 2 aromatic rings. The van der Waals surface area contributed by atoms with Gasteiger partial charge in [0.25, 0.3) is 5.91 Å². The lowest BCUT2D eigenvalue weighted by Crippen LogP contribution is -2.41. The second-order valence-electron chi connectivity index (χ2n) is 5.46. The van der Waals surface area contributed by atoms with Gasteiger partial charge in [-0.2, -0.15) is 0 Å². The highest BCUT2D eigenvalue weighted by Gasteiger charge is 2.29. The summed E-state index contributed by atoms with van der Waals surface area (Å²) < 4.78 is 15.6. The number of carbonyl (C=O) groups is 1. The van der Waals surface area contributed by atoms with Gasteiger partial charge in [0.15, 0.2) is 0 Å². The number of rotatable bonds is 1. The van der Waals surface area contributed by atoms with E-state index in [1.165, 1.54) is 23.9 Å². The number of nitrogens with zero attached hydrogens (tertiary/aromatic N) is 2. The minimum Gasteiger partial charge on any atom is -0.398 e. The Morgan fingerprint density at radius 3 is 2.81 bits per heavy atom. The van der Waals surface area contributed by atoms with Crippen LogP contribution in [0.1, 0.15) is 34.7 Å². The highest BCUT2D eigenvalue weighted by molar-refractivity contribution is 5.99. The van der Waals surface area contributed by atoms with Crippen LogP contribution in [-0.2, 0) is 6.54 Å². The van der Waals surface area contributed by atoms with E-state index >= 15 is 0 Å². The molecular weight excluding hydrogens is 269 g/mol. The molecule has 2 N–H and O–H groups in total. The number of amides is 1. The minimum absolute atomic E-state index is 0.0531. The van der Waals surface area contributed by atoms with E-state index in [1.807, 2.05) is 13.0 Å². The van der Waals surface area contributed by atoms with Crippen molar-refractivity contribution < 1.29 is 9.18 Å². The molecule has 1 amide bonds. The Labute approximate surface area is 123 Å². The van der Waals surface area contributed by atoms with Crippen molar-refractivity contribution in [2.24, 2.45) is 0 Å². The Morgan fingerprint density at radius 1 is 1.29 bits per heavy atom. The Kier molecular flexibility index (Phi) is 3.20. The lowest BCUT2D eigenvalue weighted by molar-refractivity contribution is 0.0643. The molecule has 3 rings (SSSR count). The quantitative estimate of drug-likeness (QED) is 0.820. The van der Waals surface area contributed by atoms with Gasteiger partial charge in [-0.25, -0.2) is 4.39 Å². The van der Waals surface area contributed by atoms with Crippen LogP contribution >= 0.6 is 0 Å². The molecule has 5 heteroatoms. The van der Waals surface area contributed by atoms with E-state index in [-0.39, 0.29) is 17.5 Å². The van der Waals surface area contributed by atoms with Crippen LogP contribution < -0.4 is 5.73 Å². The van der Waals surface area contributed by atoms with E-state index in [9.17, 15) is 9.18 Å². The second kappa shape index (κ2) is 4.91. The lowest BCUT2D eigenvalue weighted by Gasteiger charge is -2.35. The number of anilines is 1. The van der Waals surface area contributed by atoms with Crippen LogP contribution in [0.4, 0.5) is 10.1 Å². The second-order valence-corrected chi connectivity index (χ2v) is 5.46. The first-order chi connectivity index (χ1) is 9.99. The summed E-state index contributed by atoms with van der Waals surface area (Å²) in [5, 5.41) is 0. The van der Waals surface area contributed by atoms with Gasteiger partial charge in [-0.1, -0.05) is 0 Å². The fourth-order valence-electron chi connectivity index (χ4n) is 2.97. The van der Waals surface area contributed by atoms with Gasteiger partial charge in [0, 0.05) is 30.2 Å². The van der Waals surface area contributed by atoms with Crippen molar-refractivity contribution in [3.8, 4) is 0 Å². The van der Waals surface area contributed by atoms with Gasteiger partial charge in [-0.15, -0.1) is 0 Å². The number of hydrogen-bond donors (Lipinski definition) is 1. The van der Waals surface area contributed by atoms with Gasteiger partial charge < -0.3 is 15.2 Å². The molecule has 1 aromatic heterocycles. The van der Waals surface area contributed by atoms with Crippen molar-refractivity contribution in [2.75, 3.05) is 12.3 Å². The largest absolute Gasteiger partial charge is 0.398 e. The summed E-state index contributed by atoms with van der Waals surface area (Å²) in [6.45, 7) is 5.38. The summed E-state index contributed by atoms with van der Waals surface area (Å²) >= 11 is 0. The van der Waals surface area contributed by atoms with Gasteiger partial charge in [-0.3, -0.25) is 4.79 Å². The Bertz CT molecular complexity index is 708. The fraction of sp³-hybridized carbons (Fsp3) is 0.312. The third-order valence-corrected chi connectivity index (χ3v) is 4.20. The summed E-state index contributed by atoms with van der Waals surface area (Å²) in [7, 11) is 0. The van der Waals surface area contributed by atoms with E-state index in [0.29, 0.717) is 12.2 Å². The van der Waals surface area contributed by atoms with E-state index in [1.54, 1.807) is 4.90 Å². The topological polar surface area (TPSA) is 51.3 Å². The maximum absolute atomic E-state index is 13.4. The van der Waals surface area contributed by atoms with Crippen molar-refractivity contribution in [2.45, 2.75) is 26.4 Å². The Hall–Kier alpha value is -2.30. The van der Waals surface area contributed by atoms with Crippen LogP contribution in [0.25, 0.3) is 0 Å². The average Bonchev–Trinajstić information content (AvgIpc) is 2.84. The van der Waals surface area contributed by atoms with Crippen LogP contribution in [0.2, 0.25) is 0 Å². The highest BCUT2D eigenvalue weighted by atomic mass is 19.1. The van der Waals surface area contributed by atoms with Crippen molar-refractivity contribution in [1.82, 2.24) is 9.47 Å². The third kappa shape index (κ3) is 2.18. The first-order valence-electron chi connectivity index (χ1n) is 7.01. The average molecular weight is 287 g/mol. The van der Waals surface area contributed by atoms with Gasteiger partial charge in [0.1, 0.15) is 5.82 Å². The fourth-order valence-corrected chi connectivity index (χ4v) is 2.97. The Balaban J connectivity index is 1.95. The standard InChI is InChI=1S/C16H18FN3O/c1-10-3-6-15-11(2)20(8-7-19(10)15)16(21)13-9-12(17)4-5-14(13)18/h3-6,9,11H,7-8,18H2,1-2H3.